The quantitative estimate of drug-likeness (QED) is 0.561. The zero-order valence-corrected chi connectivity index (χ0v) is 13.2. The summed E-state index contributed by atoms with van der Waals surface area (Å²) in [5, 5.41) is 2.81. The fraction of sp³-hybridized carbons (Fsp3) is 0.467. The van der Waals surface area contributed by atoms with E-state index >= 15 is 0 Å². The van der Waals surface area contributed by atoms with Crippen molar-refractivity contribution in [2.24, 2.45) is 0 Å². The molecule has 0 fully saturated rings. The van der Waals surface area contributed by atoms with Crippen LogP contribution in [-0.2, 0) is 14.3 Å². The highest BCUT2D eigenvalue weighted by Gasteiger charge is 2.08. The summed E-state index contributed by atoms with van der Waals surface area (Å²) in [4.78, 5) is 23.0. The van der Waals surface area contributed by atoms with Gasteiger partial charge in [0.15, 0.2) is 0 Å². The lowest BCUT2D eigenvalue weighted by Gasteiger charge is -2.11. The van der Waals surface area contributed by atoms with Gasteiger partial charge in [-0.2, -0.15) is 11.8 Å². The number of para-hydroxylation sites is 2. The fourth-order valence-electron chi connectivity index (χ4n) is 1.59. The number of rotatable bonds is 9. The van der Waals surface area contributed by atoms with Gasteiger partial charge in [-0.1, -0.05) is 12.1 Å². The minimum atomic E-state index is -0.230. The number of amides is 1. The standard InChI is InChI=1S/C15H21NO4S/c1-3-19-13-8-6-5-7-12(13)16-14(17)11-21-10-9-15(18)20-4-2/h5-8H,3-4,9-11H2,1-2H3,(H,16,17). The molecule has 5 nitrogen and oxygen atoms in total. The lowest BCUT2D eigenvalue weighted by atomic mass is 10.3. The fourth-order valence-corrected chi connectivity index (χ4v) is 2.30. The summed E-state index contributed by atoms with van der Waals surface area (Å²) in [5.74, 6) is 1.17. The van der Waals surface area contributed by atoms with E-state index in [9.17, 15) is 9.59 Å². The zero-order chi connectivity index (χ0) is 15.5. The lowest BCUT2D eigenvalue weighted by molar-refractivity contribution is -0.142. The number of hydrogen-bond donors (Lipinski definition) is 1. The Morgan fingerprint density at radius 3 is 2.67 bits per heavy atom. The first kappa shape index (κ1) is 17.4. The molecule has 6 heteroatoms. The van der Waals surface area contributed by atoms with Gasteiger partial charge < -0.3 is 14.8 Å². The van der Waals surface area contributed by atoms with Crippen LogP contribution in [0.2, 0.25) is 0 Å². The van der Waals surface area contributed by atoms with E-state index in [0.29, 0.717) is 42.6 Å². The predicted octanol–water partition coefficient (Wildman–Crippen LogP) is 2.71. The smallest absolute Gasteiger partial charge is 0.306 e. The van der Waals surface area contributed by atoms with E-state index in [2.05, 4.69) is 5.32 Å². The maximum atomic E-state index is 11.8. The molecule has 1 aromatic carbocycles. The van der Waals surface area contributed by atoms with Crippen molar-refractivity contribution in [1.29, 1.82) is 0 Å². The molecular formula is C15H21NO4S. The number of carbonyl (C=O) groups excluding carboxylic acids is 2. The van der Waals surface area contributed by atoms with Gasteiger partial charge in [-0.05, 0) is 26.0 Å². The molecule has 0 heterocycles. The minimum absolute atomic E-state index is 0.115. The number of ether oxygens (including phenoxy) is 2. The Balaban J connectivity index is 2.32. The van der Waals surface area contributed by atoms with Crippen molar-refractivity contribution in [2.75, 3.05) is 30.0 Å². The van der Waals surface area contributed by atoms with Crippen molar-refractivity contribution in [3.05, 3.63) is 24.3 Å². The molecule has 0 radical (unpaired) electrons. The number of thioether (sulfide) groups is 1. The second kappa shape index (κ2) is 10.1. The summed E-state index contributed by atoms with van der Waals surface area (Å²) in [6.45, 7) is 4.59. The van der Waals surface area contributed by atoms with Gasteiger partial charge in [0.05, 0.1) is 31.1 Å². The molecule has 0 saturated heterocycles. The summed E-state index contributed by atoms with van der Waals surface area (Å²) in [7, 11) is 0. The number of nitrogens with one attached hydrogen (secondary N) is 1. The van der Waals surface area contributed by atoms with E-state index in [1.54, 1.807) is 13.0 Å². The Bertz CT molecular complexity index is 465. The van der Waals surface area contributed by atoms with Crippen LogP contribution >= 0.6 is 11.8 Å². The number of esters is 1. The van der Waals surface area contributed by atoms with Crippen LogP contribution in [0.5, 0.6) is 5.75 Å². The largest absolute Gasteiger partial charge is 0.492 e. The third-order valence-corrected chi connectivity index (χ3v) is 3.41. The average Bonchev–Trinajstić information content (AvgIpc) is 2.46. The van der Waals surface area contributed by atoms with Crippen molar-refractivity contribution in [2.45, 2.75) is 20.3 Å². The van der Waals surface area contributed by atoms with Gasteiger partial charge in [0.25, 0.3) is 0 Å². The highest BCUT2D eigenvalue weighted by atomic mass is 32.2. The van der Waals surface area contributed by atoms with Crippen LogP contribution in [-0.4, -0.2) is 36.6 Å². The molecule has 0 spiro atoms. The molecule has 0 aliphatic heterocycles. The van der Waals surface area contributed by atoms with Gasteiger partial charge in [-0.15, -0.1) is 0 Å². The molecule has 1 aromatic rings. The molecule has 1 amide bonds. The monoisotopic (exact) mass is 311 g/mol. The maximum Gasteiger partial charge on any atom is 0.306 e. The van der Waals surface area contributed by atoms with Crippen LogP contribution in [0.15, 0.2) is 24.3 Å². The Hall–Kier alpha value is -1.69. The molecular weight excluding hydrogens is 290 g/mol. The van der Waals surface area contributed by atoms with E-state index in [4.69, 9.17) is 9.47 Å². The highest BCUT2D eigenvalue weighted by molar-refractivity contribution is 7.99. The molecule has 0 unspecified atom stereocenters. The lowest BCUT2D eigenvalue weighted by Crippen LogP contribution is -2.15. The van der Waals surface area contributed by atoms with Gasteiger partial charge in [0, 0.05) is 5.75 Å². The molecule has 21 heavy (non-hydrogen) atoms. The number of carbonyl (C=O) groups is 2. The minimum Gasteiger partial charge on any atom is -0.492 e. The Morgan fingerprint density at radius 2 is 1.95 bits per heavy atom. The Labute approximate surface area is 129 Å². The Morgan fingerprint density at radius 1 is 1.19 bits per heavy atom. The second-order valence-corrected chi connectivity index (χ2v) is 5.19. The third-order valence-electron chi connectivity index (χ3n) is 2.45. The van der Waals surface area contributed by atoms with E-state index in [1.807, 2.05) is 25.1 Å². The first-order chi connectivity index (χ1) is 10.2. The van der Waals surface area contributed by atoms with E-state index in [-0.39, 0.29) is 11.9 Å². The summed E-state index contributed by atoms with van der Waals surface area (Å²) < 4.78 is 10.3. The zero-order valence-electron chi connectivity index (χ0n) is 12.4. The molecule has 0 saturated carbocycles. The van der Waals surface area contributed by atoms with E-state index in [1.165, 1.54) is 11.8 Å². The van der Waals surface area contributed by atoms with Crippen molar-refractivity contribution < 1.29 is 19.1 Å². The van der Waals surface area contributed by atoms with Crippen molar-refractivity contribution >= 4 is 29.3 Å². The van der Waals surface area contributed by atoms with Gasteiger partial charge in [0.1, 0.15) is 5.75 Å². The summed E-state index contributed by atoms with van der Waals surface area (Å²) >= 11 is 1.40. The molecule has 0 bridgehead atoms. The van der Waals surface area contributed by atoms with Crippen molar-refractivity contribution in [3.63, 3.8) is 0 Å². The van der Waals surface area contributed by atoms with Crippen molar-refractivity contribution in [1.82, 2.24) is 0 Å². The number of hydrogen-bond acceptors (Lipinski definition) is 5. The van der Waals surface area contributed by atoms with Gasteiger partial charge in [-0.25, -0.2) is 0 Å². The van der Waals surface area contributed by atoms with Crippen LogP contribution in [0.1, 0.15) is 20.3 Å². The van der Waals surface area contributed by atoms with Gasteiger partial charge in [-0.3, -0.25) is 9.59 Å². The molecule has 0 aliphatic carbocycles. The first-order valence-electron chi connectivity index (χ1n) is 6.92. The molecule has 1 N–H and O–H groups in total. The van der Waals surface area contributed by atoms with Crippen LogP contribution in [0, 0.1) is 0 Å². The van der Waals surface area contributed by atoms with Crippen LogP contribution in [0.25, 0.3) is 0 Å². The molecule has 0 aromatic heterocycles. The third kappa shape index (κ3) is 7.04. The van der Waals surface area contributed by atoms with E-state index in [0.717, 1.165) is 0 Å². The highest BCUT2D eigenvalue weighted by Crippen LogP contribution is 2.23. The van der Waals surface area contributed by atoms with Crippen LogP contribution in [0.3, 0.4) is 0 Å². The average molecular weight is 311 g/mol. The van der Waals surface area contributed by atoms with Gasteiger partial charge in [0.2, 0.25) is 5.91 Å². The molecule has 0 atom stereocenters. The molecule has 0 aliphatic rings. The Kier molecular flexibility index (Phi) is 8.35. The molecule has 116 valence electrons. The first-order valence-corrected chi connectivity index (χ1v) is 8.07. The summed E-state index contributed by atoms with van der Waals surface area (Å²) in [5.41, 5.74) is 0.662. The number of anilines is 1. The maximum absolute atomic E-state index is 11.8. The normalized spacial score (nSPS) is 10.0. The SMILES string of the molecule is CCOC(=O)CCSCC(=O)Nc1ccccc1OCC. The van der Waals surface area contributed by atoms with Crippen LogP contribution < -0.4 is 10.1 Å². The number of benzene rings is 1. The predicted molar refractivity (Wildman–Crippen MR) is 84.8 cm³/mol. The van der Waals surface area contributed by atoms with Gasteiger partial charge >= 0.3 is 5.97 Å². The summed E-state index contributed by atoms with van der Waals surface area (Å²) in [6.07, 6.45) is 0.321. The van der Waals surface area contributed by atoms with Crippen molar-refractivity contribution in [3.8, 4) is 5.75 Å². The van der Waals surface area contributed by atoms with Crippen LogP contribution in [0.4, 0.5) is 5.69 Å². The van der Waals surface area contributed by atoms with E-state index < -0.39 is 0 Å². The second-order valence-electron chi connectivity index (χ2n) is 4.08. The topological polar surface area (TPSA) is 64.6 Å². The molecule has 1 rings (SSSR count). The summed E-state index contributed by atoms with van der Waals surface area (Å²) in [6, 6.07) is 7.31.